The number of hydrogen-bond acceptors (Lipinski definition) is 5. The number of imide groups is 2. The summed E-state index contributed by atoms with van der Waals surface area (Å²) in [5.74, 6) is -3.04. The summed E-state index contributed by atoms with van der Waals surface area (Å²) in [4.78, 5) is 60.4. The maximum atomic E-state index is 12.0. The van der Waals surface area contributed by atoms with Crippen molar-refractivity contribution in [1.29, 1.82) is 0 Å². The van der Waals surface area contributed by atoms with E-state index in [1.165, 1.54) is 6.92 Å². The van der Waals surface area contributed by atoms with Crippen molar-refractivity contribution in [2.45, 2.75) is 46.2 Å². The van der Waals surface area contributed by atoms with Gasteiger partial charge in [0.1, 0.15) is 12.6 Å². The van der Waals surface area contributed by atoms with Gasteiger partial charge < -0.3 is 10.6 Å². The molecule has 0 radical (unpaired) electrons. The number of nitrogens with zero attached hydrogens (tertiary/aromatic N) is 2. The lowest BCUT2D eigenvalue weighted by Gasteiger charge is -2.19. The Morgan fingerprint density at radius 1 is 1.09 bits per heavy atom. The summed E-state index contributed by atoms with van der Waals surface area (Å²) in [6, 6.07) is -2.11. The first kappa shape index (κ1) is 18.6. The molecule has 1 heterocycles. The van der Waals surface area contributed by atoms with Crippen LogP contribution in [0.2, 0.25) is 0 Å². The minimum atomic E-state index is -1.04. The van der Waals surface area contributed by atoms with E-state index in [1.807, 2.05) is 6.92 Å². The molecule has 6 amide bonds. The molecule has 1 aliphatic heterocycles. The molecule has 128 valence electrons. The molecular weight excluding hydrogens is 304 g/mol. The lowest BCUT2D eigenvalue weighted by Crippen LogP contribution is -2.49. The van der Waals surface area contributed by atoms with E-state index in [2.05, 4.69) is 10.6 Å². The Labute approximate surface area is 134 Å². The van der Waals surface area contributed by atoms with Gasteiger partial charge in [-0.2, -0.15) is 0 Å². The first-order valence-electron chi connectivity index (χ1n) is 7.46. The smallest absolute Gasteiger partial charge is 0.334 e. The van der Waals surface area contributed by atoms with Gasteiger partial charge in [-0.1, -0.05) is 6.92 Å². The van der Waals surface area contributed by atoms with Gasteiger partial charge in [-0.3, -0.25) is 24.1 Å². The van der Waals surface area contributed by atoms with Crippen molar-refractivity contribution in [3.05, 3.63) is 0 Å². The van der Waals surface area contributed by atoms with Gasteiger partial charge in [0.2, 0.25) is 11.8 Å². The fraction of sp³-hybridized carbons (Fsp3) is 0.643. The molecule has 9 nitrogen and oxygen atoms in total. The van der Waals surface area contributed by atoms with Crippen molar-refractivity contribution < 1.29 is 24.0 Å². The van der Waals surface area contributed by atoms with Gasteiger partial charge in [0, 0.05) is 12.6 Å². The Morgan fingerprint density at radius 2 is 1.70 bits per heavy atom. The van der Waals surface area contributed by atoms with Gasteiger partial charge in [0.15, 0.2) is 0 Å². The zero-order valence-electron chi connectivity index (χ0n) is 13.7. The van der Waals surface area contributed by atoms with Crippen LogP contribution in [0.25, 0.3) is 0 Å². The molecule has 0 aliphatic carbocycles. The minimum absolute atomic E-state index is 0.362. The van der Waals surface area contributed by atoms with Crippen LogP contribution in [0.3, 0.4) is 0 Å². The Morgan fingerprint density at radius 3 is 2.17 bits per heavy atom. The Bertz CT molecular complexity index is 531. The van der Waals surface area contributed by atoms with Crippen molar-refractivity contribution in [3.63, 3.8) is 0 Å². The number of hydrogen-bond donors (Lipinski definition) is 2. The largest absolute Gasteiger partial charge is 0.354 e. The van der Waals surface area contributed by atoms with Gasteiger partial charge >= 0.3 is 17.8 Å². The molecule has 0 saturated carbocycles. The van der Waals surface area contributed by atoms with Crippen molar-refractivity contribution in [1.82, 2.24) is 20.4 Å². The highest BCUT2D eigenvalue weighted by Gasteiger charge is 2.46. The molecule has 1 fully saturated rings. The molecule has 0 unspecified atom stereocenters. The average molecular weight is 326 g/mol. The van der Waals surface area contributed by atoms with Crippen molar-refractivity contribution in [2.24, 2.45) is 0 Å². The van der Waals surface area contributed by atoms with Crippen LogP contribution in [-0.4, -0.2) is 64.6 Å². The van der Waals surface area contributed by atoms with Crippen LogP contribution in [0.4, 0.5) is 4.79 Å². The van der Waals surface area contributed by atoms with E-state index < -0.39 is 42.4 Å². The minimum Gasteiger partial charge on any atom is -0.354 e. The summed E-state index contributed by atoms with van der Waals surface area (Å²) in [5.41, 5.74) is 0. The second kappa shape index (κ2) is 7.70. The van der Waals surface area contributed by atoms with E-state index in [4.69, 9.17) is 0 Å². The second-order valence-electron chi connectivity index (χ2n) is 5.52. The molecule has 0 aromatic heterocycles. The van der Waals surface area contributed by atoms with Crippen LogP contribution in [0.5, 0.6) is 0 Å². The zero-order chi connectivity index (χ0) is 17.7. The summed E-state index contributed by atoms with van der Waals surface area (Å²) >= 11 is 0. The molecule has 1 aliphatic rings. The van der Waals surface area contributed by atoms with E-state index in [0.29, 0.717) is 11.4 Å². The van der Waals surface area contributed by atoms with Crippen LogP contribution >= 0.6 is 0 Å². The van der Waals surface area contributed by atoms with Crippen LogP contribution in [-0.2, 0) is 19.2 Å². The number of carbonyl (C=O) groups is 5. The molecule has 0 aromatic carbocycles. The number of carbonyl (C=O) groups excluding carboxylic acids is 5. The van der Waals surface area contributed by atoms with Crippen LogP contribution in [0, 0.1) is 0 Å². The van der Waals surface area contributed by atoms with E-state index in [0.717, 1.165) is 11.3 Å². The quantitative estimate of drug-likeness (QED) is 0.470. The number of amides is 6. The van der Waals surface area contributed by atoms with Crippen molar-refractivity contribution in [2.75, 3.05) is 13.1 Å². The lowest BCUT2D eigenvalue weighted by atomic mass is 10.3. The summed E-state index contributed by atoms with van der Waals surface area (Å²) < 4.78 is 0. The standard InChI is InChI=1S/C14H22N4O5/c1-5-6-15-11(20)9(4)16-10(19)7-17-12(21)13(22)18(8(2)3)14(17)23/h8-9H,5-7H2,1-4H3,(H,15,20)(H,16,19)/t9-/m1/s1. The summed E-state index contributed by atoms with van der Waals surface area (Å²) in [6.07, 6.45) is 0.760. The molecular formula is C14H22N4O5. The molecule has 0 bridgehead atoms. The molecule has 1 atom stereocenters. The number of nitrogens with one attached hydrogen (secondary N) is 2. The zero-order valence-corrected chi connectivity index (χ0v) is 13.7. The normalized spacial score (nSPS) is 16.1. The second-order valence-corrected chi connectivity index (χ2v) is 5.52. The van der Waals surface area contributed by atoms with Crippen LogP contribution in [0.1, 0.15) is 34.1 Å². The third-order valence-electron chi connectivity index (χ3n) is 3.22. The Hall–Kier alpha value is -2.45. The number of rotatable bonds is 7. The maximum Gasteiger partial charge on any atom is 0.334 e. The molecule has 2 N–H and O–H groups in total. The van der Waals surface area contributed by atoms with Gasteiger partial charge in [-0.25, -0.2) is 9.69 Å². The van der Waals surface area contributed by atoms with Gasteiger partial charge in [0.05, 0.1) is 0 Å². The van der Waals surface area contributed by atoms with Crippen LogP contribution in [0.15, 0.2) is 0 Å². The van der Waals surface area contributed by atoms with Gasteiger partial charge in [-0.05, 0) is 27.2 Å². The highest BCUT2D eigenvalue weighted by atomic mass is 16.2. The molecule has 0 aromatic rings. The molecule has 23 heavy (non-hydrogen) atoms. The van der Waals surface area contributed by atoms with Crippen molar-refractivity contribution in [3.8, 4) is 0 Å². The van der Waals surface area contributed by atoms with Crippen molar-refractivity contribution >= 4 is 29.7 Å². The number of urea groups is 1. The Balaban J connectivity index is 2.64. The van der Waals surface area contributed by atoms with E-state index in [1.54, 1.807) is 13.8 Å². The molecule has 1 saturated heterocycles. The molecule has 0 spiro atoms. The first-order valence-corrected chi connectivity index (χ1v) is 7.46. The third kappa shape index (κ3) is 4.27. The summed E-state index contributed by atoms with van der Waals surface area (Å²) in [6.45, 7) is 6.45. The average Bonchev–Trinajstić information content (AvgIpc) is 2.68. The third-order valence-corrected chi connectivity index (χ3v) is 3.22. The van der Waals surface area contributed by atoms with Gasteiger partial charge in [-0.15, -0.1) is 0 Å². The predicted molar refractivity (Wildman–Crippen MR) is 80.0 cm³/mol. The van der Waals surface area contributed by atoms with Gasteiger partial charge in [0.25, 0.3) is 0 Å². The lowest BCUT2D eigenvalue weighted by molar-refractivity contribution is -0.144. The maximum absolute atomic E-state index is 12.0. The summed E-state index contributed by atoms with van der Waals surface area (Å²) in [7, 11) is 0. The Kier molecular flexibility index (Phi) is 6.23. The molecule has 1 rings (SSSR count). The van der Waals surface area contributed by atoms with E-state index >= 15 is 0 Å². The van der Waals surface area contributed by atoms with E-state index in [9.17, 15) is 24.0 Å². The monoisotopic (exact) mass is 326 g/mol. The summed E-state index contributed by atoms with van der Waals surface area (Å²) in [5, 5.41) is 5.00. The van der Waals surface area contributed by atoms with Crippen LogP contribution < -0.4 is 10.6 Å². The topological polar surface area (TPSA) is 116 Å². The SMILES string of the molecule is CCCNC(=O)[C@@H](C)NC(=O)CN1C(=O)C(=O)N(C(C)C)C1=O. The predicted octanol–water partition coefficient (Wildman–Crippen LogP) is -0.783. The fourth-order valence-corrected chi connectivity index (χ4v) is 2.01. The first-order chi connectivity index (χ1) is 10.7. The fourth-order valence-electron chi connectivity index (χ4n) is 2.01. The highest BCUT2D eigenvalue weighted by molar-refractivity contribution is 6.45. The highest BCUT2D eigenvalue weighted by Crippen LogP contribution is 2.14. The molecule has 9 heteroatoms. The van der Waals surface area contributed by atoms with E-state index in [-0.39, 0.29) is 5.91 Å².